The molecule has 0 bridgehead atoms. The third kappa shape index (κ3) is 4.45. The van der Waals surface area contributed by atoms with E-state index in [9.17, 15) is 8.42 Å². The molecule has 1 unspecified atom stereocenters. The number of sulfone groups is 1. The van der Waals surface area contributed by atoms with E-state index in [1.54, 1.807) is 13.8 Å². The summed E-state index contributed by atoms with van der Waals surface area (Å²) in [5.74, 6) is 2.28. The van der Waals surface area contributed by atoms with Crippen LogP contribution >= 0.6 is 11.8 Å². The van der Waals surface area contributed by atoms with Gasteiger partial charge in [0, 0.05) is 24.6 Å². The van der Waals surface area contributed by atoms with E-state index in [0.29, 0.717) is 18.0 Å². The zero-order chi connectivity index (χ0) is 13.3. The highest BCUT2D eigenvalue weighted by atomic mass is 32.2. The molecule has 0 spiro atoms. The molecule has 1 atom stereocenters. The number of rotatable bonds is 4. The minimum absolute atomic E-state index is 0.357. The molecule has 1 N–H and O–H groups in total. The predicted octanol–water partition coefficient (Wildman–Crippen LogP) is 1.93. The molecule has 1 saturated heterocycles. The van der Waals surface area contributed by atoms with Gasteiger partial charge in [0.05, 0.1) is 4.75 Å². The SMILES string of the molecule is CC1(C)CSCC(NCC(C)(C)S(C)(=O)=O)C1. The summed E-state index contributed by atoms with van der Waals surface area (Å²) in [4.78, 5) is 0. The summed E-state index contributed by atoms with van der Waals surface area (Å²) >= 11 is 1.96. The standard InChI is InChI=1S/C12H25NO2S2/c1-11(2)6-10(7-16-9-11)13-8-12(3,4)17(5,14)15/h10,13H,6-9H2,1-5H3. The van der Waals surface area contributed by atoms with Gasteiger partial charge in [0.25, 0.3) is 0 Å². The Labute approximate surface area is 110 Å². The summed E-state index contributed by atoms with van der Waals surface area (Å²) in [5.41, 5.74) is 0.357. The van der Waals surface area contributed by atoms with Crippen molar-refractivity contribution in [2.24, 2.45) is 5.41 Å². The largest absolute Gasteiger partial charge is 0.312 e. The number of hydrogen-bond donors (Lipinski definition) is 1. The smallest absolute Gasteiger partial charge is 0.153 e. The molecule has 102 valence electrons. The lowest BCUT2D eigenvalue weighted by atomic mass is 9.87. The van der Waals surface area contributed by atoms with Gasteiger partial charge in [-0.25, -0.2) is 8.42 Å². The molecule has 5 heteroatoms. The lowest BCUT2D eigenvalue weighted by Gasteiger charge is -2.36. The fourth-order valence-electron chi connectivity index (χ4n) is 1.91. The first-order valence-electron chi connectivity index (χ1n) is 6.04. The highest BCUT2D eigenvalue weighted by Crippen LogP contribution is 2.33. The van der Waals surface area contributed by atoms with Crippen molar-refractivity contribution in [2.75, 3.05) is 24.3 Å². The summed E-state index contributed by atoms with van der Waals surface area (Å²) in [6.07, 6.45) is 2.44. The maximum absolute atomic E-state index is 11.6. The van der Waals surface area contributed by atoms with Gasteiger partial charge in [-0.3, -0.25) is 0 Å². The third-order valence-electron chi connectivity index (χ3n) is 3.43. The Morgan fingerprint density at radius 2 is 2.00 bits per heavy atom. The van der Waals surface area contributed by atoms with Crippen molar-refractivity contribution in [1.29, 1.82) is 0 Å². The van der Waals surface area contributed by atoms with E-state index in [1.807, 2.05) is 11.8 Å². The lowest BCUT2D eigenvalue weighted by molar-refractivity contribution is 0.313. The molecule has 0 aliphatic carbocycles. The molecule has 3 nitrogen and oxygen atoms in total. The van der Waals surface area contributed by atoms with Crippen LogP contribution in [0.4, 0.5) is 0 Å². The quantitative estimate of drug-likeness (QED) is 0.854. The molecule has 0 amide bonds. The van der Waals surface area contributed by atoms with Gasteiger partial charge in [0.15, 0.2) is 9.84 Å². The summed E-state index contributed by atoms with van der Waals surface area (Å²) in [6, 6.07) is 0.435. The Hall–Kier alpha value is 0.260. The molecule has 0 aromatic heterocycles. The molecule has 0 saturated carbocycles. The summed E-state index contributed by atoms with van der Waals surface area (Å²) in [7, 11) is -3.00. The van der Waals surface area contributed by atoms with Gasteiger partial charge in [-0.2, -0.15) is 11.8 Å². The fourth-order valence-corrected chi connectivity index (χ4v) is 3.57. The normalized spacial score (nSPS) is 25.8. The van der Waals surface area contributed by atoms with Crippen LogP contribution in [0.25, 0.3) is 0 Å². The van der Waals surface area contributed by atoms with Crippen molar-refractivity contribution in [2.45, 2.75) is 44.9 Å². The molecule has 0 aromatic carbocycles. The third-order valence-corrected chi connectivity index (χ3v) is 7.21. The van der Waals surface area contributed by atoms with Crippen LogP contribution in [0.3, 0.4) is 0 Å². The van der Waals surface area contributed by atoms with Crippen molar-refractivity contribution in [3.05, 3.63) is 0 Å². The first-order chi connectivity index (χ1) is 7.54. The van der Waals surface area contributed by atoms with Crippen LogP contribution in [0.5, 0.6) is 0 Å². The maximum atomic E-state index is 11.6. The lowest BCUT2D eigenvalue weighted by Crippen LogP contribution is -2.48. The van der Waals surface area contributed by atoms with Crippen molar-refractivity contribution in [1.82, 2.24) is 5.32 Å². The van der Waals surface area contributed by atoms with Gasteiger partial charge in [0.1, 0.15) is 0 Å². The van der Waals surface area contributed by atoms with Crippen LogP contribution in [0.2, 0.25) is 0 Å². The minimum Gasteiger partial charge on any atom is -0.312 e. The van der Waals surface area contributed by atoms with Crippen LogP contribution in [0.15, 0.2) is 0 Å². The fraction of sp³-hybridized carbons (Fsp3) is 1.00. The van der Waals surface area contributed by atoms with Gasteiger partial charge >= 0.3 is 0 Å². The van der Waals surface area contributed by atoms with E-state index in [0.717, 1.165) is 12.2 Å². The molecule has 0 radical (unpaired) electrons. The Kier molecular flexibility index (Phi) is 4.59. The number of hydrogen-bond acceptors (Lipinski definition) is 4. The Morgan fingerprint density at radius 1 is 1.41 bits per heavy atom. The van der Waals surface area contributed by atoms with Crippen LogP contribution in [0, 0.1) is 5.41 Å². The first-order valence-corrected chi connectivity index (χ1v) is 9.09. The Bertz CT molecular complexity index is 361. The van der Waals surface area contributed by atoms with Crippen molar-refractivity contribution in [3.8, 4) is 0 Å². The zero-order valence-electron chi connectivity index (χ0n) is 11.5. The van der Waals surface area contributed by atoms with Crippen LogP contribution in [0.1, 0.15) is 34.1 Å². The predicted molar refractivity (Wildman–Crippen MR) is 76.4 cm³/mol. The highest BCUT2D eigenvalue weighted by molar-refractivity contribution is 7.99. The number of nitrogens with one attached hydrogen (secondary N) is 1. The minimum atomic E-state index is -3.00. The second-order valence-electron chi connectivity index (χ2n) is 6.49. The van der Waals surface area contributed by atoms with Gasteiger partial charge in [0.2, 0.25) is 0 Å². The maximum Gasteiger partial charge on any atom is 0.153 e. The van der Waals surface area contributed by atoms with E-state index in [-0.39, 0.29) is 0 Å². The molecular formula is C12H25NO2S2. The first kappa shape index (κ1) is 15.3. The zero-order valence-corrected chi connectivity index (χ0v) is 13.2. The average Bonchev–Trinajstić information content (AvgIpc) is 2.11. The summed E-state index contributed by atoms with van der Waals surface area (Å²) in [6.45, 7) is 8.66. The Morgan fingerprint density at radius 3 is 2.47 bits per heavy atom. The van der Waals surface area contributed by atoms with Crippen molar-refractivity contribution in [3.63, 3.8) is 0 Å². The van der Waals surface area contributed by atoms with Gasteiger partial charge in [-0.1, -0.05) is 13.8 Å². The topological polar surface area (TPSA) is 46.2 Å². The van der Waals surface area contributed by atoms with Gasteiger partial charge in [-0.15, -0.1) is 0 Å². The second-order valence-corrected chi connectivity index (χ2v) is 10.2. The van der Waals surface area contributed by atoms with E-state index in [4.69, 9.17) is 0 Å². The highest BCUT2D eigenvalue weighted by Gasteiger charge is 2.33. The van der Waals surface area contributed by atoms with E-state index in [2.05, 4.69) is 19.2 Å². The van der Waals surface area contributed by atoms with Crippen molar-refractivity contribution >= 4 is 21.6 Å². The number of thioether (sulfide) groups is 1. The Balaban J connectivity index is 2.52. The summed E-state index contributed by atoms with van der Waals surface area (Å²) in [5, 5.41) is 3.42. The van der Waals surface area contributed by atoms with Crippen LogP contribution in [-0.2, 0) is 9.84 Å². The monoisotopic (exact) mass is 279 g/mol. The molecule has 1 fully saturated rings. The molecule has 1 aliphatic rings. The van der Waals surface area contributed by atoms with Gasteiger partial charge in [-0.05, 0) is 31.4 Å². The molecule has 0 aromatic rings. The van der Waals surface area contributed by atoms with E-state index in [1.165, 1.54) is 12.0 Å². The molecule has 1 aliphatic heterocycles. The van der Waals surface area contributed by atoms with Crippen molar-refractivity contribution < 1.29 is 8.42 Å². The van der Waals surface area contributed by atoms with Crippen LogP contribution < -0.4 is 5.32 Å². The van der Waals surface area contributed by atoms with Gasteiger partial charge < -0.3 is 5.32 Å². The molecular weight excluding hydrogens is 254 g/mol. The summed E-state index contributed by atoms with van der Waals surface area (Å²) < 4.78 is 22.5. The molecule has 1 rings (SSSR count). The van der Waals surface area contributed by atoms with E-state index >= 15 is 0 Å². The second kappa shape index (κ2) is 5.10. The molecule has 17 heavy (non-hydrogen) atoms. The van der Waals surface area contributed by atoms with Crippen LogP contribution in [-0.4, -0.2) is 43.5 Å². The molecule has 1 heterocycles. The average molecular weight is 279 g/mol. The van der Waals surface area contributed by atoms with E-state index < -0.39 is 14.6 Å².